The minimum atomic E-state index is -0.607. The maximum Gasteiger partial charge on any atom is 0.288 e. The molecule has 2 aromatic rings. The molecule has 1 saturated carbocycles. The lowest BCUT2D eigenvalue weighted by atomic mass is 10.0. The van der Waals surface area contributed by atoms with E-state index in [1.54, 1.807) is 0 Å². The van der Waals surface area contributed by atoms with Crippen molar-refractivity contribution < 1.29 is 9.72 Å². The molecule has 0 heterocycles. The number of nitrogens with one attached hydrogen (secondary N) is 1. The Morgan fingerprint density at radius 1 is 1.30 bits per heavy atom. The van der Waals surface area contributed by atoms with Crippen LogP contribution in [-0.4, -0.2) is 10.8 Å². The highest BCUT2D eigenvalue weighted by molar-refractivity contribution is 6.32. The Morgan fingerprint density at radius 2 is 2.00 bits per heavy atom. The van der Waals surface area contributed by atoms with Gasteiger partial charge in [-0.05, 0) is 42.0 Å². The van der Waals surface area contributed by atoms with Gasteiger partial charge in [0.1, 0.15) is 16.7 Å². The minimum absolute atomic E-state index is 0.00187. The third-order valence-corrected chi connectivity index (χ3v) is 4.70. The molecule has 7 heteroatoms. The number of halogens is 1. The van der Waals surface area contributed by atoms with E-state index in [1.165, 1.54) is 24.3 Å². The molecule has 0 aliphatic heterocycles. The van der Waals surface area contributed by atoms with E-state index in [0.29, 0.717) is 11.5 Å². The zero-order valence-electron chi connectivity index (χ0n) is 14.3. The lowest BCUT2D eigenvalue weighted by Crippen LogP contribution is -2.30. The van der Waals surface area contributed by atoms with E-state index in [4.69, 9.17) is 11.6 Å². The van der Waals surface area contributed by atoms with Gasteiger partial charge in [0.05, 0.1) is 11.0 Å². The summed E-state index contributed by atoms with van der Waals surface area (Å²) in [6, 6.07) is 15.5. The second kappa shape index (κ2) is 8.02. The lowest BCUT2D eigenvalue weighted by Gasteiger charge is -2.18. The smallest absolute Gasteiger partial charge is 0.288 e. The summed E-state index contributed by atoms with van der Waals surface area (Å²) in [6.45, 7) is 0. The third-order valence-electron chi connectivity index (χ3n) is 4.38. The van der Waals surface area contributed by atoms with Crippen molar-refractivity contribution in [2.75, 3.05) is 0 Å². The Kier molecular flexibility index (Phi) is 5.53. The van der Waals surface area contributed by atoms with Crippen molar-refractivity contribution in [1.29, 1.82) is 5.26 Å². The highest BCUT2D eigenvalue weighted by atomic mass is 35.5. The summed E-state index contributed by atoms with van der Waals surface area (Å²) in [5.74, 6) is -0.149. The van der Waals surface area contributed by atoms with Crippen LogP contribution in [-0.2, 0) is 4.79 Å². The zero-order chi connectivity index (χ0) is 19.4. The lowest BCUT2D eigenvalue weighted by molar-refractivity contribution is -0.384. The molecule has 27 heavy (non-hydrogen) atoms. The zero-order valence-corrected chi connectivity index (χ0v) is 15.0. The molecular formula is C20H16ClN3O3. The molecule has 1 N–H and O–H groups in total. The quantitative estimate of drug-likeness (QED) is 0.346. The van der Waals surface area contributed by atoms with Crippen LogP contribution in [0.15, 0.2) is 54.1 Å². The molecule has 1 aliphatic rings. The number of carbonyl (C=O) groups is 1. The van der Waals surface area contributed by atoms with Crippen LogP contribution in [0, 0.1) is 27.4 Å². The fourth-order valence-electron chi connectivity index (χ4n) is 2.86. The van der Waals surface area contributed by atoms with Gasteiger partial charge in [-0.15, -0.1) is 0 Å². The molecule has 0 aromatic heterocycles. The van der Waals surface area contributed by atoms with E-state index in [2.05, 4.69) is 5.32 Å². The number of rotatable bonds is 6. The van der Waals surface area contributed by atoms with E-state index in [-0.39, 0.29) is 22.3 Å². The molecule has 0 saturated heterocycles. The van der Waals surface area contributed by atoms with Crippen LogP contribution in [0.3, 0.4) is 0 Å². The van der Waals surface area contributed by atoms with E-state index in [1.807, 2.05) is 36.4 Å². The summed E-state index contributed by atoms with van der Waals surface area (Å²) in [4.78, 5) is 23.0. The standard InChI is InChI=1S/C20H16ClN3O3/c21-17-9-6-13(11-18(17)24(26)27)10-16(12-22)20(25)23-19(15-7-8-15)14-4-2-1-3-5-14/h1-6,9-11,15,19H,7-8H2,(H,23,25)/b16-10+/t19-/m1/s1. The summed E-state index contributed by atoms with van der Waals surface area (Å²) in [6.07, 6.45) is 3.37. The molecule has 3 rings (SSSR count). The predicted octanol–water partition coefficient (Wildman–Crippen LogP) is 4.42. The summed E-state index contributed by atoms with van der Waals surface area (Å²) < 4.78 is 0. The number of amides is 1. The number of hydrogen-bond donors (Lipinski definition) is 1. The van der Waals surface area contributed by atoms with Gasteiger partial charge < -0.3 is 5.32 Å². The predicted molar refractivity (Wildman–Crippen MR) is 102 cm³/mol. The molecule has 136 valence electrons. The van der Waals surface area contributed by atoms with Crippen molar-refractivity contribution in [2.45, 2.75) is 18.9 Å². The van der Waals surface area contributed by atoms with Crippen LogP contribution < -0.4 is 5.32 Å². The number of carbonyl (C=O) groups excluding carboxylic acids is 1. The van der Waals surface area contributed by atoms with E-state index in [0.717, 1.165) is 18.4 Å². The maximum absolute atomic E-state index is 12.6. The molecular weight excluding hydrogens is 366 g/mol. The van der Waals surface area contributed by atoms with Gasteiger partial charge in [0.2, 0.25) is 0 Å². The first kappa shape index (κ1) is 18.6. The molecule has 1 fully saturated rings. The van der Waals surface area contributed by atoms with Crippen LogP contribution in [0.4, 0.5) is 5.69 Å². The Bertz CT molecular complexity index is 947. The number of nitro groups is 1. The Morgan fingerprint density at radius 3 is 2.59 bits per heavy atom. The van der Waals surface area contributed by atoms with E-state index >= 15 is 0 Å². The van der Waals surface area contributed by atoms with Gasteiger partial charge in [0.25, 0.3) is 11.6 Å². The fraction of sp³-hybridized carbons (Fsp3) is 0.200. The monoisotopic (exact) mass is 381 g/mol. The van der Waals surface area contributed by atoms with Crippen molar-refractivity contribution in [3.63, 3.8) is 0 Å². The van der Waals surface area contributed by atoms with Gasteiger partial charge in [0.15, 0.2) is 0 Å². The van der Waals surface area contributed by atoms with Gasteiger partial charge in [-0.25, -0.2) is 0 Å². The van der Waals surface area contributed by atoms with Crippen molar-refractivity contribution in [3.05, 3.63) is 80.4 Å². The molecule has 1 atom stereocenters. The second-order valence-corrected chi connectivity index (χ2v) is 6.74. The number of nitrogens with zero attached hydrogens (tertiary/aromatic N) is 2. The molecule has 0 radical (unpaired) electrons. The third kappa shape index (κ3) is 4.52. The van der Waals surface area contributed by atoms with Crippen LogP contribution in [0.1, 0.15) is 30.0 Å². The number of hydrogen-bond acceptors (Lipinski definition) is 4. The average Bonchev–Trinajstić information content (AvgIpc) is 3.50. The molecule has 0 bridgehead atoms. The maximum atomic E-state index is 12.6. The largest absolute Gasteiger partial charge is 0.344 e. The highest BCUT2D eigenvalue weighted by Crippen LogP contribution is 2.41. The molecule has 1 amide bonds. The summed E-state index contributed by atoms with van der Waals surface area (Å²) in [5, 5.41) is 23.3. The van der Waals surface area contributed by atoms with Crippen molar-refractivity contribution >= 4 is 29.3 Å². The molecule has 6 nitrogen and oxygen atoms in total. The van der Waals surface area contributed by atoms with Gasteiger partial charge in [-0.2, -0.15) is 5.26 Å². The summed E-state index contributed by atoms with van der Waals surface area (Å²) in [7, 11) is 0. The second-order valence-electron chi connectivity index (χ2n) is 6.34. The first-order chi connectivity index (χ1) is 13.0. The van der Waals surface area contributed by atoms with Crippen LogP contribution >= 0.6 is 11.6 Å². The fourth-order valence-corrected chi connectivity index (χ4v) is 3.04. The SMILES string of the molecule is N#C/C(=C\c1ccc(Cl)c([N+](=O)[O-])c1)C(=O)N[C@H](c1ccccc1)C1CC1. The van der Waals surface area contributed by atoms with Crippen molar-refractivity contribution in [1.82, 2.24) is 5.32 Å². The molecule has 0 unspecified atom stereocenters. The number of nitriles is 1. The summed E-state index contributed by atoms with van der Waals surface area (Å²) >= 11 is 5.80. The normalized spacial score (nSPS) is 14.9. The Labute approximate surface area is 161 Å². The van der Waals surface area contributed by atoms with Gasteiger partial charge in [0, 0.05) is 6.07 Å². The molecule has 2 aromatic carbocycles. The average molecular weight is 382 g/mol. The van der Waals surface area contributed by atoms with Crippen molar-refractivity contribution in [2.24, 2.45) is 5.92 Å². The molecule has 1 aliphatic carbocycles. The Balaban J connectivity index is 1.84. The van der Waals surface area contributed by atoms with Gasteiger partial charge in [-0.1, -0.05) is 48.0 Å². The first-order valence-corrected chi connectivity index (χ1v) is 8.79. The number of nitro benzene ring substituents is 1. The van der Waals surface area contributed by atoms with E-state index in [9.17, 15) is 20.2 Å². The minimum Gasteiger partial charge on any atom is -0.344 e. The number of benzene rings is 2. The Hall–Kier alpha value is -3.17. The van der Waals surface area contributed by atoms with Crippen LogP contribution in [0.25, 0.3) is 6.08 Å². The van der Waals surface area contributed by atoms with Crippen molar-refractivity contribution in [3.8, 4) is 6.07 Å². The van der Waals surface area contributed by atoms with Gasteiger partial charge in [-0.3, -0.25) is 14.9 Å². The first-order valence-electron chi connectivity index (χ1n) is 8.41. The van der Waals surface area contributed by atoms with Gasteiger partial charge >= 0.3 is 0 Å². The van der Waals surface area contributed by atoms with Crippen LogP contribution in [0.5, 0.6) is 0 Å². The molecule has 0 spiro atoms. The van der Waals surface area contributed by atoms with E-state index < -0.39 is 10.8 Å². The van der Waals surface area contributed by atoms with Crippen LogP contribution in [0.2, 0.25) is 5.02 Å². The summed E-state index contributed by atoms with van der Waals surface area (Å²) in [5.41, 5.74) is 0.963. The topological polar surface area (TPSA) is 96.0 Å². The highest BCUT2D eigenvalue weighted by Gasteiger charge is 2.33.